The second-order valence-electron chi connectivity index (χ2n) is 4.43. The largest absolute Gasteiger partial charge is 0.409 e. The van der Waals surface area contributed by atoms with Crippen molar-refractivity contribution >= 4 is 11.7 Å². The monoisotopic (exact) mass is 229 g/mol. The minimum absolute atomic E-state index is 0.0103. The van der Waals surface area contributed by atoms with Crippen molar-refractivity contribution in [3.63, 3.8) is 0 Å². The average molecular weight is 229 g/mol. The number of oxime groups is 1. The van der Waals surface area contributed by atoms with Crippen molar-refractivity contribution in [2.45, 2.75) is 33.6 Å². The van der Waals surface area contributed by atoms with Crippen LogP contribution in [0.5, 0.6) is 0 Å². The quantitative estimate of drug-likeness (QED) is 0.311. The highest BCUT2D eigenvalue weighted by Crippen LogP contribution is 2.09. The number of amidine groups is 1. The molecule has 1 atom stereocenters. The van der Waals surface area contributed by atoms with E-state index < -0.39 is 5.92 Å². The lowest BCUT2D eigenvalue weighted by Gasteiger charge is -2.22. The molecule has 0 heterocycles. The first-order valence-corrected chi connectivity index (χ1v) is 5.66. The van der Waals surface area contributed by atoms with Crippen LogP contribution in [0, 0.1) is 11.8 Å². The normalized spacial score (nSPS) is 13.9. The molecular weight excluding hydrogens is 206 g/mol. The van der Waals surface area contributed by atoms with Crippen molar-refractivity contribution in [2.75, 3.05) is 13.6 Å². The highest BCUT2D eigenvalue weighted by atomic mass is 16.4. The molecule has 0 aliphatic rings. The summed E-state index contributed by atoms with van der Waals surface area (Å²) < 4.78 is 0. The van der Waals surface area contributed by atoms with Gasteiger partial charge in [0.15, 0.2) is 5.84 Å². The van der Waals surface area contributed by atoms with Crippen LogP contribution in [0.3, 0.4) is 0 Å². The van der Waals surface area contributed by atoms with Crippen LogP contribution in [0.2, 0.25) is 0 Å². The summed E-state index contributed by atoms with van der Waals surface area (Å²) >= 11 is 0. The first-order chi connectivity index (χ1) is 7.43. The Balaban J connectivity index is 4.39. The van der Waals surface area contributed by atoms with Gasteiger partial charge in [0.1, 0.15) is 0 Å². The minimum atomic E-state index is -0.512. The third-order valence-electron chi connectivity index (χ3n) is 2.60. The van der Waals surface area contributed by atoms with Gasteiger partial charge >= 0.3 is 0 Å². The van der Waals surface area contributed by atoms with Gasteiger partial charge in [0.05, 0.1) is 5.92 Å². The molecule has 0 aromatic rings. The molecule has 94 valence electrons. The number of nitrogens with two attached hydrogens (primary N) is 1. The van der Waals surface area contributed by atoms with Crippen LogP contribution in [-0.4, -0.2) is 35.4 Å². The second kappa shape index (κ2) is 7.09. The molecule has 5 nitrogen and oxygen atoms in total. The van der Waals surface area contributed by atoms with Gasteiger partial charge in [-0.3, -0.25) is 4.79 Å². The second-order valence-corrected chi connectivity index (χ2v) is 4.43. The van der Waals surface area contributed by atoms with Gasteiger partial charge in [0, 0.05) is 13.6 Å². The van der Waals surface area contributed by atoms with Crippen LogP contribution < -0.4 is 5.73 Å². The Morgan fingerprint density at radius 2 is 2.06 bits per heavy atom. The standard InChI is InChI=1S/C11H23N3O2/c1-5-9(10(12)13-16)11(15)14(4)7-6-8(2)3/h8-9,16H,5-7H2,1-4H3,(H2,12,13). The summed E-state index contributed by atoms with van der Waals surface area (Å²) in [4.78, 5) is 13.6. The smallest absolute Gasteiger partial charge is 0.233 e. The number of carbonyl (C=O) groups excluding carboxylic acids is 1. The molecule has 16 heavy (non-hydrogen) atoms. The highest BCUT2D eigenvalue weighted by molar-refractivity contribution is 6.01. The molecule has 0 spiro atoms. The maximum atomic E-state index is 11.9. The number of amides is 1. The van der Waals surface area contributed by atoms with Crippen LogP contribution >= 0.6 is 0 Å². The van der Waals surface area contributed by atoms with Crippen LogP contribution in [0.4, 0.5) is 0 Å². The first-order valence-electron chi connectivity index (χ1n) is 5.66. The van der Waals surface area contributed by atoms with Gasteiger partial charge in [0.25, 0.3) is 0 Å². The molecule has 0 aliphatic carbocycles. The predicted octanol–water partition coefficient (Wildman–Crippen LogP) is 1.26. The molecule has 0 aliphatic heterocycles. The predicted molar refractivity (Wildman–Crippen MR) is 64.3 cm³/mol. The maximum absolute atomic E-state index is 11.9. The molecule has 3 N–H and O–H groups in total. The van der Waals surface area contributed by atoms with Crippen LogP contribution in [0.25, 0.3) is 0 Å². The van der Waals surface area contributed by atoms with Crippen molar-refractivity contribution < 1.29 is 10.0 Å². The van der Waals surface area contributed by atoms with Crippen LogP contribution in [0.1, 0.15) is 33.6 Å². The Labute approximate surface area is 97.3 Å². The van der Waals surface area contributed by atoms with Gasteiger partial charge in [-0.2, -0.15) is 0 Å². The summed E-state index contributed by atoms with van der Waals surface area (Å²) in [5.41, 5.74) is 5.47. The molecule has 1 unspecified atom stereocenters. The van der Waals surface area contributed by atoms with E-state index in [4.69, 9.17) is 10.9 Å². The molecule has 5 heteroatoms. The summed E-state index contributed by atoms with van der Waals surface area (Å²) in [6.45, 7) is 6.76. The van der Waals surface area contributed by atoms with Crippen LogP contribution in [-0.2, 0) is 4.79 Å². The zero-order valence-corrected chi connectivity index (χ0v) is 10.6. The van der Waals surface area contributed by atoms with E-state index in [-0.39, 0.29) is 11.7 Å². The Kier molecular flexibility index (Phi) is 6.53. The molecule has 0 aromatic carbocycles. The lowest BCUT2D eigenvalue weighted by atomic mass is 10.0. The summed E-state index contributed by atoms with van der Waals surface area (Å²) in [7, 11) is 1.75. The molecule has 0 saturated heterocycles. The SMILES string of the molecule is CCC(C(=O)N(C)CCC(C)C)C(N)=NO. The molecule has 0 saturated carbocycles. The van der Waals surface area contributed by atoms with Crippen LogP contribution in [0.15, 0.2) is 5.16 Å². The fourth-order valence-electron chi connectivity index (χ4n) is 1.41. The summed E-state index contributed by atoms with van der Waals surface area (Å²) in [5, 5.41) is 11.5. The molecule has 0 radical (unpaired) electrons. The number of carbonyl (C=O) groups is 1. The van der Waals surface area contributed by atoms with Crippen molar-refractivity contribution in [1.29, 1.82) is 0 Å². The molecular formula is C11H23N3O2. The van der Waals surface area contributed by atoms with E-state index in [0.29, 0.717) is 18.9 Å². The van der Waals surface area contributed by atoms with Crippen molar-refractivity contribution in [3.05, 3.63) is 0 Å². The minimum Gasteiger partial charge on any atom is -0.409 e. The number of nitrogens with zero attached hydrogens (tertiary/aromatic N) is 2. The van der Waals surface area contributed by atoms with Gasteiger partial charge in [-0.1, -0.05) is 25.9 Å². The van der Waals surface area contributed by atoms with Gasteiger partial charge in [-0.05, 0) is 18.8 Å². The van der Waals surface area contributed by atoms with Crippen molar-refractivity contribution in [2.24, 2.45) is 22.7 Å². The number of hydrogen-bond acceptors (Lipinski definition) is 3. The van der Waals surface area contributed by atoms with Gasteiger partial charge in [-0.15, -0.1) is 0 Å². The van der Waals surface area contributed by atoms with Gasteiger partial charge < -0.3 is 15.8 Å². The lowest BCUT2D eigenvalue weighted by Crippen LogP contribution is -2.40. The zero-order valence-electron chi connectivity index (χ0n) is 10.6. The topological polar surface area (TPSA) is 78.9 Å². The Hall–Kier alpha value is -1.26. The zero-order chi connectivity index (χ0) is 12.7. The summed E-state index contributed by atoms with van der Waals surface area (Å²) in [6.07, 6.45) is 1.50. The lowest BCUT2D eigenvalue weighted by molar-refractivity contribution is -0.132. The molecule has 0 fully saturated rings. The maximum Gasteiger partial charge on any atom is 0.233 e. The Morgan fingerprint density at radius 1 is 1.50 bits per heavy atom. The average Bonchev–Trinajstić information content (AvgIpc) is 2.26. The van der Waals surface area contributed by atoms with E-state index in [9.17, 15) is 4.79 Å². The van der Waals surface area contributed by atoms with E-state index in [0.717, 1.165) is 6.42 Å². The van der Waals surface area contributed by atoms with Crippen molar-refractivity contribution in [3.8, 4) is 0 Å². The van der Waals surface area contributed by atoms with E-state index in [1.165, 1.54) is 0 Å². The fourth-order valence-corrected chi connectivity index (χ4v) is 1.41. The first kappa shape index (κ1) is 14.7. The Bertz CT molecular complexity index is 252. The highest BCUT2D eigenvalue weighted by Gasteiger charge is 2.24. The van der Waals surface area contributed by atoms with E-state index >= 15 is 0 Å². The van der Waals surface area contributed by atoms with E-state index in [2.05, 4.69) is 19.0 Å². The molecule has 0 aromatic heterocycles. The third kappa shape index (κ3) is 4.51. The molecule has 0 rings (SSSR count). The molecule has 0 bridgehead atoms. The third-order valence-corrected chi connectivity index (χ3v) is 2.60. The summed E-state index contributed by atoms with van der Waals surface area (Å²) in [6, 6.07) is 0. The summed E-state index contributed by atoms with van der Waals surface area (Å²) in [5.74, 6) is -0.0521. The van der Waals surface area contributed by atoms with Gasteiger partial charge in [-0.25, -0.2) is 0 Å². The number of rotatable bonds is 6. The van der Waals surface area contributed by atoms with E-state index in [1.807, 2.05) is 6.92 Å². The Morgan fingerprint density at radius 3 is 2.44 bits per heavy atom. The van der Waals surface area contributed by atoms with E-state index in [1.54, 1.807) is 11.9 Å². The van der Waals surface area contributed by atoms with Crippen molar-refractivity contribution in [1.82, 2.24) is 4.90 Å². The molecule has 1 amide bonds. The fraction of sp³-hybridized carbons (Fsp3) is 0.818. The van der Waals surface area contributed by atoms with Gasteiger partial charge in [0.2, 0.25) is 5.91 Å². The number of hydrogen-bond donors (Lipinski definition) is 2.